The smallest absolute Gasteiger partial charge is 0.422 e. The van der Waals surface area contributed by atoms with Crippen molar-refractivity contribution >= 4 is 5.91 Å². The third kappa shape index (κ3) is 5.16. The normalized spacial score (nSPS) is 18.7. The molecule has 1 aliphatic rings. The monoisotopic (exact) mass is 444 g/mol. The molecule has 1 aromatic carbocycles. The molecule has 2 aromatic rings. The van der Waals surface area contributed by atoms with Gasteiger partial charge in [0.05, 0.1) is 12.1 Å². The second-order valence-electron chi connectivity index (χ2n) is 7.33. The van der Waals surface area contributed by atoms with Crippen molar-refractivity contribution in [2.75, 3.05) is 26.2 Å². The predicted octanol–water partition coefficient (Wildman–Crippen LogP) is 3.26. The number of aryl methyl sites for hydroxylation is 1. The molecule has 2 heterocycles. The first-order chi connectivity index (χ1) is 14.6. The van der Waals surface area contributed by atoms with Gasteiger partial charge in [0, 0.05) is 31.3 Å². The van der Waals surface area contributed by atoms with Crippen LogP contribution in [0.15, 0.2) is 22.7 Å². The second-order valence-corrected chi connectivity index (χ2v) is 7.33. The highest BCUT2D eigenvalue weighted by Gasteiger charge is 2.36. The Morgan fingerprint density at radius 1 is 1.45 bits per heavy atom. The maximum absolute atomic E-state index is 13.8. The molecule has 0 radical (unpaired) electrons. The highest BCUT2D eigenvalue weighted by atomic mass is 19.4. The summed E-state index contributed by atoms with van der Waals surface area (Å²) in [6.45, 7) is 3.44. The molecule has 2 atom stereocenters. The van der Waals surface area contributed by atoms with Gasteiger partial charge in [-0.25, -0.2) is 4.39 Å². The minimum atomic E-state index is -4.56. The number of carbonyl (C=O) groups excluding carboxylic acids is 1. The maximum atomic E-state index is 13.8. The molecule has 7 nitrogen and oxygen atoms in total. The van der Waals surface area contributed by atoms with Gasteiger partial charge >= 0.3 is 6.18 Å². The van der Waals surface area contributed by atoms with Crippen molar-refractivity contribution in [3.05, 3.63) is 46.6 Å². The average Bonchev–Trinajstić information content (AvgIpc) is 3.08. The van der Waals surface area contributed by atoms with Crippen LogP contribution in [0.1, 0.15) is 52.8 Å². The van der Waals surface area contributed by atoms with Gasteiger partial charge in [-0.1, -0.05) is 18.1 Å². The number of nitrogens with two attached hydrogens (primary N) is 1. The number of aromatic nitrogens is 1. The number of hydrogen-bond acceptors (Lipinski definition) is 6. The zero-order chi connectivity index (χ0) is 22.8. The van der Waals surface area contributed by atoms with E-state index in [9.17, 15) is 22.4 Å². The highest BCUT2D eigenvalue weighted by molar-refractivity contribution is 5.94. The van der Waals surface area contributed by atoms with E-state index in [1.165, 1.54) is 12.1 Å². The van der Waals surface area contributed by atoms with E-state index in [2.05, 4.69) is 10.5 Å². The Hall–Kier alpha value is -2.66. The summed E-state index contributed by atoms with van der Waals surface area (Å²) in [5.74, 6) is -1.26. The van der Waals surface area contributed by atoms with E-state index in [0.717, 1.165) is 6.07 Å². The van der Waals surface area contributed by atoms with Gasteiger partial charge in [-0.15, -0.1) is 0 Å². The van der Waals surface area contributed by atoms with E-state index in [4.69, 9.17) is 15.0 Å². The summed E-state index contributed by atoms with van der Waals surface area (Å²) in [6, 6.07) is 2.69. The van der Waals surface area contributed by atoms with E-state index < -0.39 is 36.6 Å². The molecular formula is C20H24F4N4O3. The topological polar surface area (TPSA) is 93.6 Å². The fraction of sp³-hybridized carbons (Fsp3) is 0.500. The van der Waals surface area contributed by atoms with Gasteiger partial charge < -0.3 is 20.3 Å². The molecule has 1 aromatic heterocycles. The zero-order valence-corrected chi connectivity index (χ0v) is 17.1. The minimum Gasteiger partial charge on any atom is -0.484 e. The summed E-state index contributed by atoms with van der Waals surface area (Å²) < 4.78 is 62.1. The lowest BCUT2D eigenvalue weighted by Crippen LogP contribution is -2.48. The first-order valence-corrected chi connectivity index (χ1v) is 9.83. The molecule has 2 unspecified atom stereocenters. The van der Waals surface area contributed by atoms with Gasteiger partial charge in [0.15, 0.2) is 6.61 Å². The van der Waals surface area contributed by atoms with Crippen molar-refractivity contribution in [1.82, 2.24) is 15.4 Å². The highest BCUT2D eigenvalue weighted by Crippen LogP contribution is 2.39. The summed E-state index contributed by atoms with van der Waals surface area (Å²) in [7, 11) is 0. The first kappa shape index (κ1) is 23.0. The number of halogens is 4. The molecule has 0 bridgehead atoms. The summed E-state index contributed by atoms with van der Waals surface area (Å²) in [6.07, 6.45) is -4.03. The molecule has 3 N–H and O–H groups in total. The van der Waals surface area contributed by atoms with E-state index in [1.807, 2.05) is 11.8 Å². The number of primary amides is 1. The lowest BCUT2D eigenvalue weighted by Gasteiger charge is -2.41. The van der Waals surface area contributed by atoms with Crippen LogP contribution in [0.4, 0.5) is 17.6 Å². The Labute approximate surface area is 176 Å². The Morgan fingerprint density at radius 2 is 2.19 bits per heavy atom. The predicted molar refractivity (Wildman–Crippen MR) is 103 cm³/mol. The Kier molecular flexibility index (Phi) is 6.85. The van der Waals surface area contributed by atoms with Gasteiger partial charge in [0.2, 0.25) is 0 Å². The third-order valence-corrected chi connectivity index (χ3v) is 5.25. The first-order valence-electron chi connectivity index (χ1n) is 9.83. The van der Waals surface area contributed by atoms with Crippen LogP contribution in [-0.2, 0) is 0 Å². The number of rotatable bonds is 7. The summed E-state index contributed by atoms with van der Waals surface area (Å²) >= 11 is 0. The number of nitrogens with one attached hydrogen (secondary N) is 1. The van der Waals surface area contributed by atoms with E-state index >= 15 is 0 Å². The zero-order valence-electron chi connectivity index (χ0n) is 17.1. The van der Waals surface area contributed by atoms with Crippen LogP contribution >= 0.6 is 0 Å². The number of piperazine rings is 1. The molecular weight excluding hydrogens is 420 g/mol. The summed E-state index contributed by atoms with van der Waals surface area (Å²) in [5, 5.41) is 7.24. The Balaban J connectivity index is 2.00. The Morgan fingerprint density at radius 3 is 2.84 bits per heavy atom. The lowest BCUT2D eigenvalue weighted by atomic mass is 9.96. The van der Waals surface area contributed by atoms with Crippen LogP contribution in [0.25, 0.3) is 0 Å². The molecule has 1 amide bonds. The van der Waals surface area contributed by atoms with Gasteiger partial charge in [-0.2, -0.15) is 13.2 Å². The van der Waals surface area contributed by atoms with E-state index in [0.29, 0.717) is 43.1 Å². The van der Waals surface area contributed by atoms with Gasteiger partial charge in [0.1, 0.15) is 28.6 Å². The van der Waals surface area contributed by atoms with Crippen molar-refractivity contribution in [2.45, 2.75) is 38.5 Å². The fourth-order valence-corrected chi connectivity index (χ4v) is 3.95. The maximum Gasteiger partial charge on any atom is 0.422 e. The van der Waals surface area contributed by atoms with Crippen molar-refractivity contribution in [3.8, 4) is 5.75 Å². The standard InChI is InChI=1S/C20H24F4N4O3/c1-3-14(18-17(19(25)29)11(2)31-27-18)28-7-6-26-9-15(28)13-5-4-12(21)8-16(13)30-10-20(22,23)24/h4-5,8,14-15,26H,3,6-7,9-10H2,1-2H3,(H2,25,29). The molecule has 0 saturated carbocycles. The van der Waals surface area contributed by atoms with Crippen molar-refractivity contribution < 1.29 is 31.6 Å². The van der Waals surface area contributed by atoms with Crippen LogP contribution in [0, 0.1) is 12.7 Å². The van der Waals surface area contributed by atoms with Crippen LogP contribution in [0.5, 0.6) is 5.75 Å². The van der Waals surface area contributed by atoms with Gasteiger partial charge in [-0.3, -0.25) is 9.69 Å². The largest absolute Gasteiger partial charge is 0.484 e. The van der Waals surface area contributed by atoms with E-state index in [1.54, 1.807) is 6.92 Å². The average molecular weight is 444 g/mol. The molecule has 11 heteroatoms. The number of carbonyl (C=O) groups is 1. The van der Waals surface area contributed by atoms with Crippen LogP contribution in [0.2, 0.25) is 0 Å². The molecule has 3 rings (SSSR count). The third-order valence-electron chi connectivity index (χ3n) is 5.25. The quantitative estimate of drug-likeness (QED) is 0.637. The van der Waals surface area contributed by atoms with Crippen LogP contribution in [0.3, 0.4) is 0 Å². The number of alkyl halides is 3. The number of ether oxygens (including phenoxy) is 1. The number of nitrogens with zero attached hydrogens (tertiary/aromatic N) is 2. The van der Waals surface area contributed by atoms with Crippen molar-refractivity contribution in [3.63, 3.8) is 0 Å². The van der Waals surface area contributed by atoms with E-state index in [-0.39, 0.29) is 11.3 Å². The summed E-state index contributed by atoms with van der Waals surface area (Å²) in [4.78, 5) is 13.9. The molecule has 0 aliphatic carbocycles. The molecule has 1 fully saturated rings. The number of benzene rings is 1. The van der Waals surface area contributed by atoms with Crippen LogP contribution < -0.4 is 15.8 Å². The van der Waals surface area contributed by atoms with Crippen molar-refractivity contribution in [2.24, 2.45) is 5.73 Å². The molecule has 170 valence electrons. The SMILES string of the molecule is CCC(c1noc(C)c1C(N)=O)N1CCNCC1c1ccc(F)cc1OCC(F)(F)F. The minimum absolute atomic E-state index is 0.183. The van der Waals surface area contributed by atoms with Gasteiger partial charge in [0.25, 0.3) is 5.91 Å². The lowest BCUT2D eigenvalue weighted by molar-refractivity contribution is -0.153. The Bertz CT molecular complexity index is 932. The van der Waals surface area contributed by atoms with Crippen molar-refractivity contribution in [1.29, 1.82) is 0 Å². The summed E-state index contributed by atoms with van der Waals surface area (Å²) in [5.41, 5.74) is 6.48. The second kappa shape index (κ2) is 9.23. The fourth-order valence-electron chi connectivity index (χ4n) is 3.95. The van der Waals surface area contributed by atoms with Gasteiger partial charge in [-0.05, 0) is 19.4 Å². The molecule has 1 aliphatic heterocycles. The number of hydrogen-bond donors (Lipinski definition) is 2. The number of amides is 1. The molecule has 1 saturated heterocycles. The molecule has 31 heavy (non-hydrogen) atoms. The van der Waals surface area contributed by atoms with Crippen LogP contribution in [-0.4, -0.2) is 48.4 Å². The molecule has 0 spiro atoms.